The predicted octanol–water partition coefficient (Wildman–Crippen LogP) is 4.81. The molecule has 10 nitrogen and oxygen atoms in total. The largest absolute Gasteiger partial charge is 0.492 e. The van der Waals surface area contributed by atoms with Crippen LogP contribution >= 0.6 is 11.9 Å². The third-order valence-electron chi connectivity index (χ3n) is 6.80. The van der Waals surface area contributed by atoms with Crippen LogP contribution in [0, 0.1) is 12.7 Å². The number of carbonyl (C=O) groups excluding carboxylic acids is 3. The standard InChI is InChI=1S/C30H37FN4O6S/c1-19-22(31)9-7-10-25(19)42-34-28(37)26-23(12-14-33-27(26)36)39-17-20-11-13-32-16-24(20)40-18-21-8-5-6-15-35(21)29(38)41-30(2,3)4/h7,9-11,13,16,21H,5-6,8,12,14-15,17-18H2,1-4H3,(H,33,36)(H,34,37)/t21-/m0/s1. The van der Waals surface area contributed by atoms with Crippen molar-refractivity contribution >= 4 is 29.9 Å². The molecule has 3 amide bonds. The van der Waals surface area contributed by atoms with Gasteiger partial charge < -0.3 is 24.4 Å². The average molecular weight is 601 g/mol. The van der Waals surface area contributed by atoms with E-state index in [0.717, 1.165) is 31.2 Å². The molecule has 4 rings (SSSR count). The number of ether oxygens (including phenoxy) is 3. The molecule has 1 saturated heterocycles. The van der Waals surface area contributed by atoms with Crippen LogP contribution < -0.4 is 14.8 Å². The summed E-state index contributed by atoms with van der Waals surface area (Å²) in [5.41, 5.74) is 0.349. The van der Waals surface area contributed by atoms with Crippen molar-refractivity contribution < 1.29 is 33.0 Å². The lowest BCUT2D eigenvalue weighted by molar-refractivity contribution is -0.123. The molecule has 0 radical (unpaired) electrons. The SMILES string of the molecule is Cc1c(F)cccc1SNC(=O)C1=C(OCc2ccncc2OC[C@@H]2CCCCN2C(=O)OC(C)(C)C)CCNC1=O. The molecule has 0 aliphatic carbocycles. The van der Waals surface area contributed by atoms with Crippen LogP contribution in [-0.2, 0) is 25.7 Å². The van der Waals surface area contributed by atoms with Gasteiger partial charge in [0.15, 0.2) is 0 Å². The number of nitrogens with zero attached hydrogens (tertiary/aromatic N) is 2. The van der Waals surface area contributed by atoms with Gasteiger partial charge >= 0.3 is 6.09 Å². The van der Waals surface area contributed by atoms with Gasteiger partial charge in [0.05, 0.1) is 12.2 Å². The summed E-state index contributed by atoms with van der Waals surface area (Å²) in [7, 11) is 0. The number of rotatable bonds is 9. The minimum atomic E-state index is -0.637. The van der Waals surface area contributed by atoms with E-state index in [-0.39, 0.29) is 42.5 Å². The van der Waals surface area contributed by atoms with E-state index >= 15 is 0 Å². The molecule has 226 valence electrons. The smallest absolute Gasteiger partial charge is 0.410 e. The van der Waals surface area contributed by atoms with Crippen molar-refractivity contribution in [2.75, 3.05) is 19.7 Å². The first-order valence-electron chi connectivity index (χ1n) is 13.9. The van der Waals surface area contributed by atoms with Crippen molar-refractivity contribution in [2.45, 2.75) is 76.5 Å². The van der Waals surface area contributed by atoms with E-state index in [4.69, 9.17) is 14.2 Å². The summed E-state index contributed by atoms with van der Waals surface area (Å²) in [6, 6.07) is 6.17. The Kier molecular flexibility index (Phi) is 10.3. The Balaban J connectivity index is 1.42. The minimum Gasteiger partial charge on any atom is -0.492 e. The van der Waals surface area contributed by atoms with Crippen LogP contribution in [0.3, 0.4) is 0 Å². The maximum absolute atomic E-state index is 13.9. The van der Waals surface area contributed by atoms with Crippen LogP contribution in [0.2, 0.25) is 0 Å². The number of nitrogens with one attached hydrogen (secondary N) is 2. The van der Waals surface area contributed by atoms with Crippen molar-refractivity contribution in [3.05, 3.63) is 64.9 Å². The number of benzene rings is 1. The van der Waals surface area contributed by atoms with E-state index < -0.39 is 17.4 Å². The number of amides is 3. The van der Waals surface area contributed by atoms with Crippen LogP contribution in [0.4, 0.5) is 9.18 Å². The lowest BCUT2D eigenvalue weighted by Crippen LogP contribution is -2.48. The third-order valence-corrected chi connectivity index (χ3v) is 7.75. The van der Waals surface area contributed by atoms with Crippen LogP contribution in [0.25, 0.3) is 0 Å². The Labute approximate surface area is 249 Å². The molecule has 3 heterocycles. The first-order valence-corrected chi connectivity index (χ1v) is 14.8. The summed E-state index contributed by atoms with van der Waals surface area (Å²) >= 11 is 0.935. The second kappa shape index (κ2) is 13.9. The van der Waals surface area contributed by atoms with E-state index in [1.807, 2.05) is 20.8 Å². The number of piperidine rings is 1. The number of hydrogen-bond donors (Lipinski definition) is 2. The third kappa shape index (κ3) is 8.15. The fourth-order valence-electron chi connectivity index (χ4n) is 4.60. The highest BCUT2D eigenvalue weighted by Crippen LogP contribution is 2.26. The maximum Gasteiger partial charge on any atom is 0.410 e. The highest BCUT2D eigenvalue weighted by Gasteiger charge is 2.32. The summed E-state index contributed by atoms with van der Waals surface area (Å²) in [5.74, 6) is -0.836. The molecule has 12 heteroatoms. The molecule has 0 saturated carbocycles. The Morgan fingerprint density at radius 3 is 2.81 bits per heavy atom. The van der Waals surface area contributed by atoms with Crippen molar-refractivity contribution in [1.29, 1.82) is 0 Å². The summed E-state index contributed by atoms with van der Waals surface area (Å²) in [6.07, 6.45) is 5.82. The van der Waals surface area contributed by atoms with E-state index in [2.05, 4.69) is 15.0 Å². The predicted molar refractivity (Wildman–Crippen MR) is 155 cm³/mol. The van der Waals surface area contributed by atoms with Crippen LogP contribution in [0.15, 0.2) is 52.9 Å². The van der Waals surface area contributed by atoms with Gasteiger partial charge in [0.25, 0.3) is 11.8 Å². The highest BCUT2D eigenvalue weighted by atomic mass is 32.2. The second-order valence-electron chi connectivity index (χ2n) is 11.1. The van der Waals surface area contributed by atoms with Crippen LogP contribution in [-0.4, -0.2) is 59.1 Å². The maximum atomic E-state index is 13.9. The lowest BCUT2D eigenvalue weighted by atomic mass is 10.0. The number of carbonyl (C=O) groups is 3. The van der Waals surface area contributed by atoms with E-state index in [1.165, 1.54) is 6.07 Å². The average Bonchev–Trinajstić information content (AvgIpc) is 2.95. The van der Waals surface area contributed by atoms with Gasteiger partial charge in [0.1, 0.15) is 41.7 Å². The summed E-state index contributed by atoms with van der Waals surface area (Å²) in [6.45, 7) is 8.35. The summed E-state index contributed by atoms with van der Waals surface area (Å²) in [4.78, 5) is 44.9. The zero-order valence-electron chi connectivity index (χ0n) is 24.3. The lowest BCUT2D eigenvalue weighted by Gasteiger charge is -2.36. The van der Waals surface area contributed by atoms with E-state index in [0.29, 0.717) is 41.3 Å². The molecule has 2 aliphatic rings. The van der Waals surface area contributed by atoms with E-state index in [1.54, 1.807) is 42.4 Å². The van der Waals surface area contributed by atoms with Gasteiger partial charge in [-0.05, 0) is 77.1 Å². The molecular formula is C30H37FN4O6S. The van der Waals surface area contributed by atoms with Gasteiger partial charge in [-0.1, -0.05) is 6.07 Å². The molecule has 1 atom stereocenters. The normalized spacial score (nSPS) is 17.4. The molecule has 1 aromatic carbocycles. The number of likely N-dealkylation sites (tertiary alicyclic amines) is 1. The van der Waals surface area contributed by atoms with Gasteiger partial charge in [-0.25, -0.2) is 9.18 Å². The van der Waals surface area contributed by atoms with Crippen molar-refractivity contribution in [1.82, 2.24) is 19.9 Å². The number of pyridine rings is 1. The van der Waals surface area contributed by atoms with Crippen molar-refractivity contribution in [3.8, 4) is 5.75 Å². The molecule has 1 aromatic heterocycles. The number of halogens is 1. The van der Waals surface area contributed by atoms with Gasteiger partial charge in [0.2, 0.25) is 0 Å². The Bertz CT molecular complexity index is 1350. The van der Waals surface area contributed by atoms with E-state index in [9.17, 15) is 18.8 Å². The highest BCUT2D eigenvalue weighted by molar-refractivity contribution is 7.98. The quantitative estimate of drug-likeness (QED) is 0.311. The number of hydrogen-bond acceptors (Lipinski definition) is 8. The monoisotopic (exact) mass is 600 g/mol. The molecule has 2 aliphatic heterocycles. The molecule has 0 bridgehead atoms. The van der Waals surface area contributed by atoms with Gasteiger partial charge in [-0.2, -0.15) is 0 Å². The molecule has 2 N–H and O–H groups in total. The van der Waals surface area contributed by atoms with Crippen LogP contribution in [0.5, 0.6) is 5.75 Å². The first-order chi connectivity index (χ1) is 20.0. The molecule has 0 spiro atoms. The first kappa shape index (κ1) is 31.1. The molecular weight excluding hydrogens is 563 g/mol. The van der Waals surface area contributed by atoms with Crippen molar-refractivity contribution in [2.24, 2.45) is 0 Å². The zero-order chi connectivity index (χ0) is 30.3. The summed E-state index contributed by atoms with van der Waals surface area (Å²) < 4.78 is 34.3. The molecule has 1 fully saturated rings. The van der Waals surface area contributed by atoms with Gasteiger partial charge in [-0.3, -0.25) is 19.3 Å². The van der Waals surface area contributed by atoms with Crippen molar-refractivity contribution in [3.63, 3.8) is 0 Å². The Morgan fingerprint density at radius 2 is 2.02 bits per heavy atom. The van der Waals surface area contributed by atoms with Crippen LogP contribution in [0.1, 0.15) is 57.6 Å². The Hall–Kier alpha value is -3.80. The fraction of sp³-hybridized carbons (Fsp3) is 0.467. The second-order valence-corrected chi connectivity index (χ2v) is 12.0. The minimum absolute atomic E-state index is 0.0356. The molecule has 42 heavy (non-hydrogen) atoms. The zero-order valence-corrected chi connectivity index (χ0v) is 25.1. The van der Waals surface area contributed by atoms with Gasteiger partial charge in [0, 0.05) is 41.7 Å². The topological polar surface area (TPSA) is 119 Å². The molecule has 2 aromatic rings. The Morgan fingerprint density at radius 1 is 1.21 bits per heavy atom. The van der Waals surface area contributed by atoms with Gasteiger partial charge in [-0.15, -0.1) is 0 Å². The summed E-state index contributed by atoms with van der Waals surface area (Å²) in [5, 5.41) is 2.67. The fourth-order valence-corrected chi connectivity index (χ4v) is 5.30. The molecule has 0 unspecified atom stereocenters. The number of aromatic nitrogens is 1.